The number of carbonyl (C=O) groups is 2. The fourth-order valence-electron chi connectivity index (χ4n) is 2.92. The second kappa shape index (κ2) is 14.9. The van der Waals surface area contributed by atoms with E-state index < -0.39 is 6.04 Å². The first-order chi connectivity index (χ1) is 14.0. The van der Waals surface area contributed by atoms with E-state index in [-0.39, 0.29) is 11.8 Å². The Morgan fingerprint density at radius 3 is 2.31 bits per heavy atom. The fourth-order valence-corrected chi connectivity index (χ4v) is 2.92. The Hall–Kier alpha value is -2.08. The number of unbranched alkanes of at least 4 members (excludes halogenated alkanes) is 4. The molecule has 6 nitrogen and oxygen atoms in total. The van der Waals surface area contributed by atoms with Crippen LogP contribution in [0.1, 0.15) is 69.2 Å². The van der Waals surface area contributed by atoms with E-state index in [1.165, 1.54) is 25.7 Å². The Bertz CT molecular complexity index is 588. The lowest BCUT2D eigenvalue weighted by molar-refractivity contribution is -0.123. The second-order valence-electron chi connectivity index (χ2n) is 7.70. The topological polar surface area (TPSA) is 70.7 Å². The average molecular weight is 406 g/mol. The summed E-state index contributed by atoms with van der Waals surface area (Å²) in [5.41, 5.74) is 0.530. The van der Waals surface area contributed by atoms with E-state index in [2.05, 4.69) is 17.6 Å². The van der Waals surface area contributed by atoms with Crippen molar-refractivity contribution in [1.82, 2.24) is 15.5 Å². The van der Waals surface area contributed by atoms with Crippen molar-refractivity contribution < 1.29 is 14.3 Å². The van der Waals surface area contributed by atoms with Crippen molar-refractivity contribution in [1.29, 1.82) is 0 Å². The number of carbonyl (C=O) groups excluding carboxylic acids is 2. The number of ether oxygens (including phenoxy) is 1. The molecular formula is C23H39N3O3. The number of likely N-dealkylation sites (N-methyl/N-ethyl adjacent to an activating group) is 1. The molecule has 0 radical (unpaired) electrons. The maximum atomic E-state index is 12.5. The molecular weight excluding hydrogens is 366 g/mol. The molecule has 0 fully saturated rings. The van der Waals surface area contributed by atoms with E-state index in [9.17, 15) is 9.59 Å². The van der Waals surface area contributed by atoms with Crippen LogP contribution in [-0.4, -0.2) is 56.5 Å². The Labute approximate surface area is 176 Å². The van der Waals surface area contributed by atoms with Crippen molar-refractivity contribution in [2.75, 3.05) is 33.8 Å². The normalized spacial score (nSPS) is 11.9. The second-order valence-corrected chi connectivity index (χ2v) is 7.70. The summed E-state index contributed by atoms with van der Waals surface area (Å²) >= 11 is 0. The van der Waals surface area contributed by atoms with Gasteiger partial charge in [-0.2, -0.15) is 0 Å². The predicted octanol–water partition coefficient (Wildman–Crippen LogP) is 3.61. The van der Waals surface area contributed by atoms with Crippen molar-refractivity contribution in [3.05, 3.63) is 29.8 Å². The number of nitrogens with one attached hydrogen (secondary N) is 2. The zero-order valence-corrected chi connectivity index (χ0v) is 18.6. The van der Waals surface area contributed by atoms with E-state index in [4.69, 9.17) is 4.74 Å². The van der Waals surface area contributed by atoms with Crippen molar-refractivity contribution in [3.8, 4) is 5.75 Å². The van der Waals surface area contributed by atoms with Gasteiger partial charge >= 0.3 is 0 Å². The lowest BCUT2D eigenvalue weighted by Gasteiger charge is -2.19. The minimum absolute atomic E-state index is 0.134. The van der Waals surface area contributed by atoms with Crippen molar-refractivity contribution in [2.24, 2.45) is 0 Å². The Morgan fingerprint density at radius 1 is 1.00 bits per heavy atom. The van der Waals surface area contributed by atoms with Crippen LogP contribution < -0.4 is 15.4 Å². The summed E-state index contributed by atoms with van der Waals surface area (Å²) in [5.74, 6) is 0.394. The number of benzene rings is 1. The van der Waals surface area contributed by atoms with Gasteiger partial charge in [0.25, 0.3) is 5.91 Å². The van der Waals surface area contributed by atoms with E-state index >= 15 is 0 Å². The van der Waals surface area contributed by atoms with Crippen LogP contribution in [0.3, 0.4) is 0 Å². The molecule has 0 unspecified atom stereocenters. The van der Waals surface area contributed by atoms with Crippen LogP contribution in [0, 0.1) is 0 Å². The van der Waals surface area contributed by atoms with Gasteiger partial charge in [-0.25, -0.2) is 0 Å². The smallest absolute Gasteiger partial charge is 0.251 e. The number of rotatable bonds is 15. The molecule has 0 aromatic heterocycles. The first-order valence-corrected chi connectivity index (χ1v) is 10.9. The first-order valence-electron chi connectivity index (χ1n) is 10.9. The number of hydrogen-bond donors (Lipinski definition) is 2. The highest BCUT2D eigenvalue weighted by atomic mass is 16.5. The van der Waals surface area contributed by atoms with Crippen LogP contribution >= 0.6 is 0 Å². The zero-order valence-electron chi connectivity index (χ0n) is 18.6. The summed E-state index contributed by atoms with van der Waals surface area (Å²) in [6, 6.07) is 6.59. The third-order valence-electron chi connectivity index (χ3n) is 4.69. The van der Waals surface area contributed by atoms with Gasteiger partial charge in [-0.3, -0.25) is 9.59 Å². The van der Waals surface area contributed by atoms with Gasteiger partial charge in [0.2, 0.25) is 5.91 Å². The summed E-state index contributed by atoms with van der Waals surface area (Å²) in [6.45, 7) is 6.23. The van der Waals surface area contributed by atoms with Crippen molar-refractivity contribution in [2.45, 2.75) is 64.8 Å². The molecule has 1 aromatic carbocycles. The van der Waals surface area contributed by atoms with Crippen LogP contribution in [0.5, 0.6) is 5.75 Å². The number of hydrogen-bond acceptors (Lipinski definition) is 4. The largest absolute Gasteiger partial charge is 0.494 e. The van der Waals surface area contributed by atoms with Gasteiger partial charge in [0.15, 0.2) is 0 Å². The summed E-state index contributed by atoms with van der Waals surface area (Å²) < 4.78 is 5.74. The molecule has 164 valence electrons. The van der Waals surface area contributed by atoms with Crippen LogP contribution in [-0.2, 0) is 4.79 Å². The Kier molecular flexibility index (Phi) is 12.8. The lowest BCUT2D eigenvalue weighted by atomic mass is 10.1. The molecule has 1 aromatic rings. The molecule has 1 rings (SSSR count). The van der Waals surface area contributed by atoms with Crippen LogP contribution in [0.4, 0.5) is 0 Å². The third-order valence-corrected chi connectivity index (χ3v) is 4.69. The molecule has 2 N–H and O–H groups in total. The van der Waals surface area contributed by atoms with Crippen LogP contribution in [0.15, 0.2) is 24.3 Å². The molecule has 0 bridgehead atoms. The molecule has 6 heteroatoms. The minimum Gasteiger partial charge on any atom is -0.494 e. The highest BCUT2D eigenvalue weighted by molar-refractivity contribution is 5.97. The van der Waals surface area contributed by atoms with Gasteiger partial charge in [0.05, 0.1) is 6.61 Å². The highest BCUT2D eigenvalue weighted by Crippen LogP contribution is 2.14. The van der Waals surface area contributed by atoms with Gasteiger partial charge in [-0.1, -0.05) is 46.0 Å². The maximum Gasteiger partial charge on any atom is 0.251 e. The summed E-state index contributed by atoms with van der Waals surface area (Å²) in [4.78, 5) is 26.9. The Morgan fingerprint density at radius 2 is 1.69 bits per heavy atom. The molecule has 0 aliphatic carbocycles. The minimum atomic E-state index is -0.520. The van der Waals surface area contributed by atoms with Gasteiger partial charge in [0.1, 0.15) is 11.8 Å². The standard InChI is InChI=1S/C23H39N3O3/c1-5-7-8-9-10-18-29-20-14-12-19(13-15-20)22(27)25-21(11-6-2)23(28)24-16-17-26(3)4/h12-15,21H,5-11,16-18H2,1-4H3,(H,24,28)(H,25,27)/t21-/m0/s1. The molecule has 0 aliphatic rings. The van der Waals surface area contributed by atoms with E-state index in [0.717, 1.165) is 25.1 Å². The number of nitrogens with zero attached hydrogens (tertiary/aromatic N) is 1. The monoisotopic (exact) mass is 405 g/mol. The third kappa shape index (κ3) is 10.9. The first kappa shape index (κ1) is 25.0. The molecule has 0 aliphatic heterocycles. The fraction of sp³-hybridized carbons (Fsp3) is 0.652. The Balaban J connectivity index is 2.48. The molecule has 0 saturated carbocycles. The molecule has 0 spiro atoms. The van der Waals surface area contributed by atoms with Crippen molar-refractivity contribution >= 4 is 11.8 Å². The van der Waals surface area contributed by atoms with E-state index in [0.29, 0.717) is 25.1 Å². The zero-order chi connectivity index (χ0) is 21.5. The SMILES string of the molecule is CCCCCCCOc1ccc(C(=O)N[C@@H](CCC)C(=O)NCCN(C)C)cc1. The van der Waals surface area contributed by atoms with E-state index in [1.807, 2.05) is 38.1 Å². The molecule has 29 heavy (non-hydrogen) atoms. The predicted molar refractivity (Wildman–Crippen MR) is 118 cm³/mol. The van der Waals surface area contributed by atoms with Crippen molar-refractivity contribution in [3.63, 3.8) is 0 Å². The van der Waals surface area contributed by atoms with Gasteiger partial charge in [0, 0.05) is 18.7 Å². The van der Waals surface area contributed by atoms with Gasteiger partial charge in [-0.15, -0.1) is 0 Å². The molecule has 1 atom stereocenters. The van der Waals surface area contributed by atoms with Crippen LogP contribution in [0.2, 0.25) is 0 Å². The summed E-state index contributed by atoms with van der Waals surface area (Å²) in [6.07, 6.45) is 7.42. The summed E-state index contributed by atoms with van der Waals surface area (Å²) in [7, 11) is 3.91. The highest BCUT2D eigenvalue weighted by Gasteiger charge is 2.20. The average Bonchev–Trinajstić information content (AvgIpc) is 2.70. The van der Waals surface area contributed by atoms with Crippen LogP contribution in [0.25, 0.3) is 0 Å². The quantitative estimate of drug-likeness (QED) is 0.437. The lowest BCUT2D eigenvalue weighted by Crippen LogP contribution is -2.47. The molecule has 0 heterocycles. The molecule has 0 saturated heterocycles. The number of amides is 2. The maximum absolute atomic E-state index is 12.5. The van der Waals surface area contributed by atoms with Gasteiger partial charge in [-0.05, 0) is 51.2 Å². The van der Waals surface area contributed by atoms with E-state index in [1.54, 1.807) is 12.1 Å². The van der Waals surface area contributed by atoms with Gasteiger partial charge < -0.3 is 20.3 Å². The molecule has 2 amide bonds. The summed E-state index contributed by atoms with van der Waals surface area (Å²) in [5, 5.41) is 5.75.